The van der Waals surface area contributed by atoms with E-state index in [2.05, 4.69) is 15.5 Å². The van der Waals surface area contributed by atoms with E-state index in [1.165, 1.54) is 27.4 Å². The molecule has 1 amide bonds. The zero-order chi connectivity index (χ0) is 19.5. The van der Waals surface area contributed by atoms with Crippen molar-refractivity contribution in [1.82, 2.24) is 10.2 Å². The maximum Gasteiger partial charge on any atom is 0.250 e. The van der Waals surface area contributed by atoms with Crippen LogP contribution in [0.25, 0.3) is 0 Å². The number of nitrogens with one attached hydrogen (secondary N) is 1. The van der Waals surface area contributed by atoms with Crippen LogP contribution in [-0.2, 0) is 14.8 Å². The van der Waals surface area contributed by atoms with Gasteiger partial charge < -0.3 is 0 Å². The Labute approximate surface area is 162 Å². The van der Waals surface area contributed by atoms with Gasteiger partial charge in [-0.05, 0) is 49.8 Å². The van der Waals surface area contributed by atoms with Gasteiger partial charge in [0.15, 0.2) is 4.34 Å². The number of nitrogens with zero attached hydrogens (tertiary/aromatic N) is 3. The lowest BCUT2D eigenvalue weighted by Gasteiger charge is -2.30. The maximum atomic E-state index is 12.8. The number of sulfonamides is 1. The zero-order valence-corrected chi connectivity index (χ0v) is 17.8. The largest absolute Gasteiger partial charge is 0.299 e. The van der Waals surface area contributed by atoms with Crippen LogP contribution in [0.15, 0.2) is 22.5 Å². The number of carbonyl (C=O) groups is 1. The molecule has 2 aromatic rings. The van der Waals surface area contributed by atoms with Crippen LogP contribution in [0.3, 0.4) is 0 Å². The summed E-state index contributed by atoms with van der Waals surface area (Å²) < 4.78 is 26.8. The van der Waals surface area contributed by atoms with E-state index < -0.39 is 22.0 Å². The smallest absolute Gasteiger partial charge is 0.250 e. The van der Waals surface area contributed by atoms with Crippen molar-refractivity contribution >= 4 is 49.8 Å². The second-order valence-corrected chi connectivity index (χ2v) is 9.71. The van der Waals surface area contributed by atoms with E-state index in [1.807, 2.05) is 26.2 Å². The number of carbonyl (C=O) groups excluding carboxylic acids is 1. The molecular formula is C16H22N4O3S3. The number of rotatable bonds is 7. The number of benzene rings is 1. The minimum atomic E-state index is -3.66. The van der Waals surface area contributed by atoms with Gasteiger partial charge in [-0.1, -0.05) is 36.1 Å². The topological polar surface area (TPSA) is 92.3 Å². The number of aryl methyl sites for hydroxylation is 2. The van der Waals surface area contributed by atoms with Crippen LogP contribution < -0.4 is 9.62 Å². The Balaban J connectivity index is 2.37. The lowest BCUT2D eigenvalue weighted by Crippen LogP contribution is -2.47. The van der Waals surface area contributed by atoms with Crippen molar-refractivity contribution in [1.29, 1.82) is 0 Å². The average molecular weight is 415 g/mol. The first kappa shape index (κ1) is 20.7. The normalized spacial score (nSPS) is 12.7. The molecule has 0 aliphatic rings. The fraction of sp³-hybridized carbons (Fsp3) is 0.438. The van der Waals surface area contributed by atoms with Gasteiger partial charge in [0.1, 0.15) is 6.04 Å². The first-order valence-corrected chi connectivity index (χ1v) is 11.8. The summed E-state index contributed by atoms with van der Waals surface area (Å²) in [7, 11) is -3.66. The molecule has 0 radical (unpaired) electrons. The van der Waals surface area contributed by atoms with Crippen LogP contribution in [-0.4, -0.2) is 43.1 Å². The second-order valence-electron chi connectivity index (χ2n) is 5.82. The van der Waals surface area contributed by atoms with Crippen LogP contribution in [0, 0.1) is 13.8 Å². The van der Waals surface area contributed by atoms with E-state index in [9.17, 15) is 13.2 Å². The second kappa shape index (κ2) is 8.36. The number of thioether (sulfide) groups is 1. The Morgan fingerprint density at radius 3 is 2.50 bits per heavy atom. The highest BCUT2D eigenvalue weighted by atomic mass is 32.2. The molecule has 1 aromatic heterocycles. The monoisotopic (exact) mass is 414 g/mol. The third-order valence-electron chi connectivity index (χ3n) is 3.89. The van der Waals surface area contributed by atoms with Gasteiger partial charge in [-0.25, -0.2) is 8.42 Å². The van der Waals surface area contributed by atoms with E-state index in [0.717, 1.165) is 21.7 Å². The molecule has 1 N–H and O–H groups in total. The molecule has 2 rings (SSSR count). The quantitative estimate of drug-likeness (QED) is 0.553. The van der Waals surface area contributed by atoms with Gasteiger partial charge in [0.2, 0.25) is 21.1 Å². The minimum absolute atomic E-state index is 0.319. The first-order valence-electron chi connectivity index (χ1n) is 7.92. The summed E-state index contributed by atoms with van der Waals surface area (Å²) in [5.74, 6) is -0.431. The van der Waals surface area contributed by atoms with Crippen molar-refractivity contribution in [3.63, 3.8) is 0 Å². The molecule has 0 aliphatic carbocycles. The van der Waals surface area contributed by atoms with Crippen molar-refractivity contribution in [2.24, 2.45) is 0 Å². The van der Waals surface area contributed by atoms with Crippen molar-refractivity contribution in [2.45, 2.75) is 37.6 Å². The first-order chi connectivity index (χ1) is 12.2. The van der Waals surface area contributed by atoms with E-state index in [0.29, 0.717) is 17.2 Å². The molecule has 0 fully saturated rings. The molecule has 1 atom stereocenters. The lowest BCUT2D eigenvalue weighted by atomic mass is 10.1. The summed E-state index contributed by atoms with van der Waals surface area (Å²) in [5.41, 5.74) is 2.48. The summed E-state index contributed by atoms with van der Waals surface area (Å²) in [6.45, 7) is 5.63. The molecule has 1 heterocycles. The highest BCUT2D eigenvalue weighted by Gasteiger charge is 2.32. The predicted molar refractivity (Wildman–Crippen MR) is 108 cm³/mol. The average Bonchev–Trinajstić information content (AvgIpc) is 3.01. The third kappa shape index (κ3) is 4.74. The Hall–Kier alpha value is -1.65. The molecule has 142 valence electrons. The molecule has 26 heavy (non-hydrogen) atoms. The van der Waals surface area contributed by atoms with Crippen molar-refractivity contribution < 1.29 is 13.2 Å². The van der Waals surface area contributed by atoms with Gasteiger partial charge in [-0.2, -0.15) is 0 Å². The summed E-state index contributed by atoms with van der Waals surface area (Å²) in [5, 5.41) is 10.9. The SMILES string of the molecule is CCC(C(=O)Nc1nnc(SC)s1)N(c1ccc(C)c(C)c1)S(C)(=O)=O. The maximum absolute atomic E-state index is 12.8. The van der Waals surface area contributed by atoms with Gasteiger partial charge in [-0.3, -0.25) is 14.4 Å². The fourth-order valence-electron chi connectivity index (χ4n) is 2.45. The summed E-state index contributed by atoms with van der Waals surface area (Å²) >= 11 is 2.68. The van der Waals surface area contributed by atoms with Crippen LogP contribution >= 0.6 is 23.1 Å². The van der Waals surface area contributed by atoms with Gasteiger partial charge in [0, 0.05) is 0 Å². The Morgan fingerprint density at radius 2 is 2.00 bits per heavy atom. The molecule has 0 saturated carbocycles. The van der Waals surface area contributed by atoms with Crippen LogP contribution in [0.1, 0.15) is 24.5 Å². The Kier molecular flexibility index (Phi) is 6.64. The molecular weight excluding hydrogens is 392 g/mol. The van der Waals surface area contributed by atoms with Gasteiger partial charge in [0.05, 0.1) is 11.9 Å². The number of anilines is 2. The van der Waals surface area contributed by atoms with Crippen LogP contribution in [0.4, 0.5) is 10.8 Å². The molecule has 0 bridgehead atoms. The van der Waals surface area contributed by atoms with Crippen molar-refractivity contribution in [3.8, 4) is 0 Å². The van der Waals surface area contributed by atoms with Crippen LogP contribution in [0.2, 0.25) is 0 Å². The Bertz CT molecular complexity index is 896. The van der Waals surface area contributed by atoms with E-state index in [1.54, 1.807) is 19.1 Å². The summed E-state index contributed by atoms with van der Waals surface area (Å²) in [6, 6.07) is 4.47. The third-order valence-corrected chi connectivity index (χ3v) is 6.88. The van der Waals surface area contributed by atoms with Crippen molar-refractivity contribution in [2.75, 3.05) is 22.1 Å². The van der Waals surface area contributed by atoms with E-state index in [-0.39, 0.29) is 0 Å². The number of aromatic nitrogens is 2. The lowest BCUT2D eigenvalue weighted by molar-refractivity contribution is -0.117. The number of amides is 1. The number of hydrogen-bond donors (Lipinski definition) is 1. The molecule has 0 aliphatic heterocycles. The van der Waals surface area contributed by atoms with Gasteiger partial charge in [-0.15, -0.1) is 10.2 Å². The minimum Gasteiger partial charge on any atom is -0.299 e. The molecule has 1 unspecified atom stereocenters. The van der Waals surface area contributed by atoms with Crippen molar-refractivity contribution in [3.05, 3.63) is 29.3 Å². The molecule has 0 spiro atoms. The highest BCUT2D eigenvalue weighted by molar-refractivity contribution is 8.00. The molecule has 0 saturated heterocycles. The fourth-order valence-corrected chi connectivity index (χ4v) is 4.83. The zero-order valence-electron chi connectivity index (χ0n) is 15.3. The van der Waals surface area contributed by atoms with E-state index in [4.69, 9.17) is 0 Å². The predicted octanol–water partition coefficient (Wildman–Crippen LogP) is 3.06. The molecule has 10 heteroatoms. The molecule has 7 nitrogen and oxygen atoms in total. The number of hydrogen-bond acceptors (Lipinski definition) is 7. The standard InChI is InChI=1S/C16H22N4O3S3/c1-6-13(14(21)17-15-18-19-16(24-4)25-15)20(26(5,22)23)12-8-7-10(2)11(3)9-12/h7-9,13H,6H2,1-5H3,(H,17,18,21). The summed E-state index contributed by atoms with van der Waals surface area (Å²) in [4.78, 5) is 12.8. The molecule has 1 aromatic carbocycles. The van der Waals surface area contributed by atoms with E-state index >= 15 is 0 Å². The summed E-state index contributed by atoms with van der Waals surface area (Å²) in [6.07, 6.45) is 3.29. The van der Waals surface area contributed by atoms with Crippen LogP contribution in [0.5, 0.6) is 0 Å². The van der Waals surface area contributed by atoms with Gasteiger partial charge >= 0.3 is 0 Å². The van der Waals surface area contributed by atoms with Gasteiger partial charge in [0.25, 0.3) is 0 Å². The Morgan fingerprint density at radius 1 is 1.31 bits per heavy atom. The highest BCUT2D eigenvalue weighted by Crippen LogP contribution is 2.27.